The Balaban J connectivity index is 2.60. The number of carbonyl (C=O) groups is 1. The number of anilines is 1. The van der Waals surface area contributed by atoms with Gasteiger partial charge in [-0.3, -0.25) is 0 Å². The third kappa shape index (κ3) is 2.21. The monoisotopic (exact) mass is 281 g/mol. The van der Waals surface area contributed by atoms with Crippen molar-refractivity contribution in [1.29, 1.82) is 0 Å². The van der Waals surface area contributed by atoms with E-state index in [1.54, 1.807) is 12.1 Å². The van der Waals surface area contributed by atoms with Gasteiger partial charge in [-0.15, -0.1) is 11.3 Å². The molecule has 94 valence electrons. The van der Waals surface area contributed by atoms with Crippen molar-refractivity contribution in [2.75, 3.05) is 5.73 Å². The van der Waals surface area contributed by atoms with Crippen LogP contribution in [0, 0.1) is 0 Å². The first-order valence-corrected chi connectivity index (χ1v) is 6.64. The van der Waals surface area contributed by atoms with Gasteiger partial charge in [0.25, 0.3) is 0 Å². The fraction of sp³-hybridized carbons (Fsp3) is 0.154. The number of carboxylic acids is 1. The second-order valence-electron chi connectivity index (χ2n) is 3.82. The Kier molecular flexibility index (Phi) is 3.59. The number of thiophene rings is 1. The van der Waals surface area contributed by atoms with Gasteiger partial charge in [0.15, 0.2) is 0 Å². The number of rotatable bonds is 3. The molecule has 1 aromatic carbocycles. The smallest absolute Gasteiger partial charge is 0.348 e. The molecule has 1 heterocycles. The molecular weight excluding hydrogens is 270 g/mol. The molecule has 0 saturated carbocycles. The lowest BCUT2D eigenvalue weighted by atomic mass is 10.1. The normalized spacial score (nSPS) is 10.6. The van der Waals surface area contributed by atoms with Gasteiger partial charge in [-0.1, -0.05) is 30.7 Å². The maximum Gasteiger partial charge on any atom is 0.348 e. The van der Waals surface area contributed by atoms with E-state index >= 15 is 0 Å². The van der Waals surface area contributed by atoms with E-state index in [1.807, 2.05) is 19.1 Å². The molecule has 0 bridgehead atoms. The van der Waals surface area contributed by atoms with Crippen LogP contribution in [0.15, 0.2) is 24.3 Å². The highest BCUT2D eigenvalue weighted by molar-refractivity contribution is 7.18. The summed E-state index contributed by atoms with van der Waals surface area (Å²) in [6.07, 6.45) is 0.702. The number of carboxylic acid groups (broad SMARTS) is 1. The van der Waals surface area contributed by atoms with Gasteiger partial charge in [0, 0.05) is 9.90 Å². The van der Waals surface area contributed by atoms with Crippen molar-refractivity contribution in [3.8, 4) is 10.4 Å². The molecule has 18 heavy (non-hydrogen) atoms. The zero-order chi connectivity index (χ0) is 13.3. The molecule has 0 spiro atoms. The highest BCUT2D eigenvalue weighted by Gasteiger charge is 2.20. The molecule has 2 rings (SSSR count). The van der Waals surface area contributed by atoms with Crippen LogP contribution in [0.2, 0.25) is 5.02 Å². The molecule has 0 amide bonds. The number of benzene rings is 1. The summed E-state index contributed by atoms with van der Waals surface area (Å²) in [6.45, 7) is 1.96. The first-order valence-electron chi connectivity index (χ1n) is 5.45. The Bertz CT molecular complexity index is 590. The van der Waals surface area contributed by atoms with Gasteiger partial charge in [0.1, 0.15) is 4.88 Å². The summed E-state index contributed by atoms with van der Waals surface area (Å²) in [5.74, 6) is -0.979. The standard InChI is InChI=1S/C13H12ClNO2S/c1-2-9-10(15)12(13(16)17)18-11(9)7-3-5-8(14)6-4-7/h3-6H,2,15H2,1H3,(H,16,17). The largest absolute Gasteiger partial charge is 0.477 e. The van der Waals surface area contributed by atoms with Crippen molar-refractivity contribution in [1.82, 2.24) is 0 Å². The minimum atomic E-state index is -0.979. The fourth-order valence-electron chi connectivity index (χ4n) is 1.82. The predicted octanol–water partition coefficient (Wildman–Crippen LogP) is 3.91. The van der Waals surface area contributed by atoms with Crippen LogP contribution in [0.3, 0.4) is 0 Å². The van der Waals surface area contributed by atoms with Crippen LogP contribution in [0.1, 0.15) is 22.2 Å². The second kappa shape index (κ2) is 5.00. The molecule has 0 aliphatic heterocycles. The SMILES string of the molecule is CCc1c(-c2ccc(Cl)cc2)sc(C(=O)O)c1N. The van der Waals surface area contributed by atoms with Crippen molar-refractivity contribution < 1.29 is 9.90 Å². The highest BCUT2D eigenvalue weighted by atomic mass is 35.5. The predicted molar refractivity (Wildman–Crippen MR) is 75.5 cm³/mol. The molecule has 0 aliphatic rings. The van der Waals surface area contributed by atoms with Gasteiger partial charge < -0.3 is 10.8 Å². The van der Waals surface area contributed by atoms with Crippen LogP contribution in [0.4, 0.5) is 5.69 Å². The third-order valence-corrected chi connectivity index (χ3v) is 4.24. The number of nitrogen functional groups attached to an aromatic ring is 1. The van der Waals surface area contributed by atoms with E-state index in [-0.39, 0.29) is 4.88 Å². The summed E-state index contributed by atoms with van der Waals surface area (Å²) in [5.41, 5.74) is 8.09. The summed E-state index contributed by atoms with van der Waals surface area (Å²) < 4.78 is 0. The number of hydrogen-bond donors (Lipinski definition) is 2. The van der Waals surface area contributed by atoms with Gasteiger partial charge in [-0.2, -0.15) is 0 Å². The zero-order valence-electron chi connectivity index (χ0n) is 9.74. The molecule has 0 aliphatic carbocycles. The molecule has 3 N–H and O–H groups in total. The van der Waals surface area contributed by atoms with Crippen LogP contribution in [0.5, 0.6) is 0 Å². The molecule has 5 heteroatoms. The van der Waals surface area contributed by atoms with Gasteiger partial charge in [-0.05, 0) is 29.7 Å². The molecule has 0 unspecified atom stereocenters. The Morgan fingerprint density at radius 3 is 2.50 bits per heavy atom. The first kappa shape index (κ1) is 12.9. The maximum atomic E-state index is 11.1. The lowest BCUT2D eigenvalue weighted by Gasteiger charge is -2.02. The van der Waals surface area contributed by atoms with Crippen molar-refractivity contribution in [2.24, 2.45) is 0 Å². The summed E-state index contributed by atoms with van der Waals surface area (Å²) in [7, 11) is 0. The third-order valence-electron chi connectivity index (χ3n) is 2.70. The summed E-state index contributed by atoms with van der Waals surface area (Å²) >= 11 is 7.05. The van der Waals surface area contributed by atoms with Gasteiger partial charge in [-0.25, -0.2) is 4.79 Å². The van der Waals surface area contributed by atoms with Gasteiger partial charge in [0.2, 0.25) is 0 Å². The van der Waals surface area contributed by atoms with Crippen LogP contribution < -0.4 is 5.73 Å². The maximum absolute atomic E-state index is 11.1. The highest BCUT2D eigenvalue weighted by Crippen LogP contribution is 2.39. The van der Waals surface area contributed by atoms with E-state index in [4.69, 9.17) is 22.4 Å². The molecule has 0 radical (unpaired) electrons. The zero-order valence-corrected chi connectivity index (χ0v) is 11.3. The minimum absolute atomic E-state index is 0.205. The van der Waals surface area contributed by atoms with Crippen molar-refractivity contribution in [3.63, 3.8) is 0 Å². The molecule has 3 nitrogen and oxygen atoms in total. The Morgan fingerprint density at radius 2 is 2.00 bits per heavy atom. The number of nitrogens with two attached hydrogens (primary N) is 1. The Hall–Kier alpha value is -1.52. The van der Waals surface area contributed by atoms with Crippen LogP contribution in [-0.4, -0.2) is 11.1 Å². The van der Waals surface area contributed by atoms with E-state index in [1.165, 1.54) is 11.3 Å². The van der Waals surface area contributed by atoms with Crippen molar-refractivity contribution in [3.05, 3.63) is 39.7 Å². The first-order chi connectivity index (χ1) is 8.54. The lowest BCUT2D eigenvalue weighted by Crippen LogP contribution is -1.99. The van der Waals surface area contributed by atoms with Crippen molar-refractivity contribution in [2.45, 2.75) is 13.3 Å². The van der Waals surface area contributed by atoms with E-state index in [9.17, 15) is 4.79 Å². The fourth-order valence-corrected chi connectivity index (χ4v) is 3.10. The van der Waals surface area contributed by atoms with Crippen LogP contribution in [0.25, 0.3) is 10.4 Å². The number of halogens is 1. The van der Waals surface area contributed by atoms with E-state index in [0.717, 1.165) is 16.0 Å². The number of aromatic carboxylic acids is 1. The molecule has 0 fully saturated rings. The van der Waals surface area contributed by atoms with Crippen molar-refractivity contribution >= 4 is 34.6 Å². The minimum Gasteiger partial charge on any atom is -0.477 e. The summed E-state index contributed by atoms with van der Waals surface area (Å²) in [4.78, 5) is 12.2. The Labute approximate surface area is 114 Å². The van der Waals surface area contributed by atoms with E-state index in [0.29, 0.717) is 17.1 Å². The molecule has 2 aromatic rings. The van der Waals surface area contributed by atoms with E-state index < -0.39 is 5.97 Å². The molecule has 0 atom stereocenters. The second-order valence-corrected chi connectivity index (χ2v) is 5.28. The van der Waals surface area contributed by atoms with E-state index in [2.05, 4.69) is 0 Å². The molecule has 0 saturated heterocycles. The average molecular weight is 282 g/mol. The average Bonchev–Trinajstić information content (AvgIpc) is 2.67. The summed E-state index contributed by atoms with van der Waals surface area (Å²) in [6, 6.07) is 7.32. The lowest BCUT2D eigenvalue weighted by molar-refractivity contribution is 0.0703. The van der Waals surface area contributed by atoms with Crippen LogP contribution in [-0.2, 0) is 6.42 Å². The molecule has 1 aromatic heterocycles. The van der Waals surface area contributed by atoms with Gasteiger partial charge in [0.05, 0.1) is 5.69 Å². The topological polar surface area (TPSA) is 63.3 Å². The summed E-state index contributed by atoms with van der Waals surface area (Å²) in [5, 5.41) is 9.75. The Morgan fingerprint density at radius 1 is 1.39 bits per heavy atom. The van der Waals surface area contributed by atoms with Gasteiger partial charge >= 0.3 is 5.97 Å². The quantitative estimate of drug-likeness (QED) is 0.896. The number of hydrogen-bond acceptors (Lipinski definition) is 3. The molecular formula is C13H12ClNO2S. The van der Waals surface area contributed by atoms with Crippen LogP contribution >= 0.6 is 22.9 Å².